The van der Waals surface area contributed by atoms with E-state index in [0.717, 1.165) is 0 Å². The Hall–Kier alpha value is -3.60. The Morgan fingerprint density at radius 3 is 2.03 bits per heavy atom. The van der Waals surface area contributed by atoms with Crippen LogP contribution in [0.5, 0.6) is 0 Å². The number of aliphatic hydroxyl groups is 1. The van der Waals surface area contributed by atoms with Crippen LogP contribution in [0.4, 0.5) is 5.69 Å². The van der Waals surface area contributed by atoms with Gasteiger partial charge in [-0.3, -0.25) is 29.3 Å². The fraction of sp³-hybridized carbons (Fsp3) is 0.571. The average Bonchev–Trinajstić information content (AvgIpc) is 2.80. The van der Waals surface area contributed by atoms with Gasteiger partial charge in [0.1, 0.15) is 12.1 Å². The molecule has 0 aliphatic heterocycles. The number of nitrogens with zero attached hydrogens (tertiary/aromatic N) is 1. The van der Waals surface area contributed by atoms with Crippen molar-refractivity contribution < 1.29 is 29.2 Å². The Morgan fingerprint density at radius 2 is 1.51 bits per heavy atom. The van der Waals surface area contributed by atoms with Gasteiger partial charge >= 0.3 is 0 Å². The van der Waals surface area contributed by atoms with Crippen LogP contribution in [-0.2, 0) is 25.6 Å². The molecule has 0 spiro atoms. The highest BCUT2D eigenvalue weighted by molar-refractivity contribution is 5.96. The molecule has 3 amide bonds. The summed E-state index contributed by atoms with van der Waals surface area (Å²) in [4.78, 5) is 62.0. The monoisotopic (exact) mass is 545 g/mol. The van der Waals surface area contributed by atoms with Crippen molar-refractivity contribution in [2.24, 2.45) is 11.8 Å². The number of carbonyl (C=O) groups is 4. The number of carbonyl (C=O) groups excluding carboxylic acids is 4. The lowest BCUT2D eigenvalue weighted by molar-refractivity contribution is -0.384. The smallest absolute Gasteiger partial charge is 0.269 e. The van der Waals surface area contributed by atoms with E-state index in [1.165, 1.54) is 32.0 Å². The van der Waals surface area contributed by atoms with Crippen LogP contribution in [0, 0.1) is 28.0 Å². The SMILES string of the molecule is C=[C]C(=O)[C@H](CC(C)C)NC(=O)[C@H](CC(C)C)NC(=O)[C@H](CC(C)(C)O)NC(=O)Cc1cccc([N+](=O)[O-])c1. The van der Waals surface area contributed by atoms with Gasteiger partial charge in [-0.15, -0.1) is 0 Å². The minimum atomic E-state index is -1.34. The molecule has 0 heterocycles. The Kier molecular flexibility index (Phi) is 12.9. The summed E-state index contributed by atoms with van der Waals surface area (Å²) in [5.41, 5.74) is -1.14. The molecule has 11 heteroatoms. The summed E-state index contributed by atoms with van der Waals surface area (Å²) in [6, 6.07) is 2.52. The molecule has 0 bridgehead atoms. The van der Waals surface area contributed by atoms with Crippen LogP contribution in [0.25, 0.3) is 0 Å². The van der Waals surface area contributed by atoms with Gasteiger partial charge in [-0.2, -0.15) is 0 Å². The number of nitro groups is 1. The molecule has 1 radical (unpaired) electrons. The van der Waals surface area contributed by atoms with Crippen LogP contribution >= 0.6 is 0 Å². The number of Topliss-reactive ketones (excluding diaryl/α,β-unsaturated/α-hetero) is 1. The van der Waals surface area contributed by atoms with Crippen LogP contribution in [0.2, 0.25) is 0 Å². The number of rotatable bonds is 16. The molecule has 4 N–H and O–H groups in total. The van der Waals surface area contributed by atoms with Gasteiger partial charge in [0, 0.05) is 24.6 Å². The van der Waals surface area contributed by atoms with Crippen molar-refractivity contribution in [3.8, 4) is 0 Å². The quantitative estimate of drug-likeness (QED) is 0.140. The van der Waals surface area contributed by atoms with E-state index in [2.05, 4.69) is 28.6 Å². The second-order valence-corrected chi connectivity index (χ2v) is 11.2. The molecule has 1 rings (SSSR count). The maximum atomic E-state index is 13.3. The van der Waals surface area contributed by atoms with Gasteiger partial charge in [0.05, 0.1) is 23.0 Å². The number of amides is 3. The van der Waals surface area contributed by atoms with Gasteiger partial charge in [-0.05, 0) is 44.1 Å². The van der Waals surface area contributed by atoms with E-state index in [1.807, 2.05) is 27.7 Å². The molecule has 0 unspecified atom stereocenters. The number of nitrogens with one attached hydrogen (secondary N) is 3. The summed E-state index contributed by atoms with van der Waals surface area (Å²) in [7, 11) is 0. The Balaban J connectivity index is 3.10. The molecular formula is C28H41N4O7. The molecule has 0 saturated carbocycles. The number of ketones is 1. The van der Waals surface area contributed by atoms with E-state index < -0.39 is 52.2 Å². The van der Waals surface area contributed by atoms with Crippen molar-refractivity contribution in [2.45, 2.75) is 91.0 Å². The number of hydrogen-bond donors (Lipinski definition) is 4. The maximum Gasteiger partial charge on any atom is 0.269 e. The minimum absolute atomic E-state index is 0.00228. The lowest BCUT2D eigenvalue weighted by Gasteiger charge is -2.28. The van der Waals surface area contributed by atoms with Gasteiger partial charge in [0.15, 0.2) is 5.78 Å². The van der Waals surface area contributed by atoms with Crippen molar-refractivity contribution >= 4 is 29.2 Å². The minimum Gasteiger partial charge on any atom is -0.390 e. The van der Waals surface area contributed by atoms with E-state index in [9.17, 15) is 34.4 Å². The third-order valence-electron chi connectivity index (χ3n) is 5.70. The van der Waals surface area contributed by atoms with Gasteiger partial charge in [-0.25, -0.2) is 0 Å². The second-order valence-electron chi connectivity index (χ2n) is 11.2. The number of hydrogen-bond acceptors (Lipinski definition) is 7. The third-order valence-corrected chi connectivity index (χ3v) is 5.70. The molecule has 0 aliphatic rings. The zero-order valence-electron chi connectivity index (χ0n) is 23.6. The maximum absolute atomic E-state index is 13.3. The van der Waals surface area contributed by atoms with Crippen molar-refractivity contribution in [2.75, 3.05) is 0 Å². The van der Waals surface area contributed by atoms with Crippen molar-refractivity contribution in [1.29, 1.82) is 0 Å². The second kappa shape index (κ2) is 15.1. The highest BCUT2D eigenvalue weighted by Crippen LogP contribution is 2.16. The predicted molar refractivity (Wildman–Crippen MR) is 146 cm³/mol. The van der Waals surface area contributed by atoms with Crippen LogP contribution < -0.4 is 16.0 Å². The Bertz CT molecular complexity index is 1050. The molecular weight excluding hydrogens is 504 g/mol. The number of nitro benzene ring substituents is 1. The fourth-order valence-electron chi connectivity index (χ4n) is 3.99. The fourth-order valence-corrected chi connectivity index (χ4v) is 3.99. The van der Waals surface area contributed by atoms with Crippen LogP contribution in [0.1, 0.15) is 66.4 Å². The average molecular weight is 546 g/mol. The summed E-state index contributed by atoms with van der Waals surface area (Å²) in [5, 5.41) is 29.3. The molecule has 0 aliphatic carbocycles. The summed E-state index contributed by atoms with van der Waals surface area (Å²) < 4.78 is 0. The molecule has 215 valence electrons. The summed E-state index contributed by atoms with van der Waals surface area (Å²) in [6.45, 7) is 13.9. The molecule has 1 aromatic rings. The highest BCUT2D eigenvalue weighted by Gasteiger charge is 2.32. The van der Waals surface area contributed by atoms with Crippen LogP contribution in [0.15, 0.2) is 30.8 Å². The third kappa shape index (κ3) is 12.7. The normalized spacial score (nSPS) is 13.8. The van der Waals surface area contributed by atoms with Crippen molar-refractivity contribution in [3.63, 3.8) is 0 Å². The summed E-state index contributed by atoms with van der Waals surface area (Å²) in [6.07, 6.45) is 2.52. The number of non-ortho nitro benzene ring substituents is 1. The van der Waals surface area contributed by atoms with Gasteiger partial charge in [-0.1, -0.05) is 46.4 Å². The molecule has 0 fully saturated rings. The van der Waals surface area contributed by atoms with Crippen molar-refractivity contribution in [3.05, 3.63) is 52.6 Å². The Morgan fingerprint density at radius 1 is 0.974 bits per heavy atom. The molecule has 0 aromatic heterocycles. The lowest BCUT2D eigenvalue weighted by atomic mass is 9.96. The van der Waals surface area contributed by atoms with Gasteiger partial charge in [0.2, 0.25) is 17.7 Å². The van der Waals surface area contributed by atoms with E-state index in [1.54, 1.807) is 6.07 Å². The highest BCUT2D eigenvalue weighted by atomic mass is 16.6. The van der Waals surface area contributed by atoms with Gasteiger partial charge < -0.3 is 21.1 Å². The first-order valence-electron chi connectivity index (χ1n) is 12.9. The van der Waals surface area contributed by atoms with Crippen molar-refractivity contribution in [1.82, 2.24) is 16.0 Å². The van der Waals surface area contributed by atoms with Crippen LogP contribution in [0.3, 0.4) is 0 Å². The lowest BCUT2D eigenvalue weighted by Crippen LogP contribution is -2.57. The summed E-state index contributed by atoms with van der Waals surface area (Å²) >= 11 is 0. The first kappa shape index (κ1) is 33.4. The first-order chi connectivity index (χ1) is 18.0. The van der Waals surface area contributed by atoms with E-state index in [4.69, 9.17) is 0 Å². The molecule has 0 saturated heterocycles. The standard InChI is InChI=1S/C28H41N4O7/c1-8-24(33)21(12-17(2)3)30-26(35)22(13-18(4)5)31-27(36)23(16-28(6,7)37)29-25(34)15-19-10-9-11-20(14-19)32(38)39/h9-11,14,17-18,21-23,37H,1,12-13,15-16H2,2-7H3,(H,29,34)(H,30,35)(H,31,36)/t21-,22-,23-/m0/s1. The largest absolute Gasteiger partial charge is 0.390 e. The zero-order valence-corrected chi connectivity index (χ0v) is 23.6. The van der Waals surface area contributed by atoms with Gasteiger partial charge in [0.25, 0.3) is 5.69 Å². The zero-order chi connectivity index (χ0) is 29.9. The van der Waals surface area contributed by atoms with E-state index >= 15 is 0 Å². The number of benzene rings is 1. The van der Waals surface area contributed by atoms with E-state index in [0.29, 0.717) is 12.0 Å². The summed E-state index contributed by atoms with van der Waals surface area (Å²) in [5.74, 6) is -2.19. The topological polar surface area (TPSA) is 168 Å². The van der Waals surface area contributed by atoms with E-state index in [-0.39, 0.29) is 36.8 Å². The molecule has 3 atom stereocenters. The Labute approximate surface area is 230 Å². The first-order valence-corrected chi connectivity index (χ1v) is 12.9. The molecule has 1 aromatic carbocycles. The predicted octanol–water partition coefficient (Wildman–Crippen LogP) is 2.40. The molecule has 11 nitrogen and oxygen atoms in total. The van der Waals surface area contributed by atoms with Crippen LogP contribution in [-0.4, -0.2) is 57.3 Å². The molecule has 39 heavy (non-hydrogen) atoms.